The molecule has 0 aromatic heterocycles. The second-order valence-electron chi connectivity index (χ2n) is 6.57. The molecule has 4 rings (SSSR count). The maximum Gasteiger partial charge on any atom is 0.0649 e. The Kier molecular flexibility index (Phi) is 6.61. The van der Waals surface area contributed by atoms with Crippen LogP contribution >= 0.6 is 24.8 Å². The Morgan fingerprint density at radius 3 is 2.56 bits per heavy atom. The van der Waals surface area contributed by atoms with Crippen molar-refractivity contribution >= 4 is 41.9 Å². The number of hydrogen-bond acceptors (Lipinski definition) is 3. The number of nitrogens with one attached hydrogen (secondary N) is 1. The molecule has 2 heterocycles. The first-order valence-corrected chi connectivity index (χ1v) is 8.71. The highest BCUT2D eigenvalue weighted by molar-refractivity contribution is 5.86. The predicted molar refractivity (Wildman–Crippen MR) is 112 cm³/mol. The van der Waals surface area contributed by atoms with Gasteiger partial charge in [-0.2, -0.15) is 0 Å². The number of benzene rings is 2. The lowest BCUT2D eigenvalue weighted by atomic mass is 10.0. The molecular weight excluding hydrogens is 353 g/mol. The number of para-hydroxylation sites is 3. The molecule has 25 heavy (non-hydrogen) atoms. The summed E-state index contributed by atoms with van der Waals surface area (Å²) >= 11 is 0. The zero-order valence-corrected chi connectivity index (χ0v) is 16.5. The van der Waals surface area contributed by atoms with Crippen molar-refractivity contribution in [1.82, 2.24) is 5.32 Å². The van der Waals surface area contributed by atoms with E-state index in [1.165, 1.54) is 28.2 Å². The molecule has 0 saturated carbocycles. The van der Waals surface area contributed by atoms with Crippen molar-refractivity contribution in [3.63, 3.8) is 0 Å². The fourth-order valence-electron chi connectivity index (χ4n) is 4.12. The minimum atomic E-state index is 0. The standard InChI is InChI=1S/C20H25N3.2ClH/c1-15-17-8-5-7-16-11-14-23(20(16)17)19-10-4-3-9-18(19)22(15)13-6-12-21-2;;/h3-5,7-10,15,21H,6,11-14H2,1-2H3;2*1H. The van der Waals surface area contributed by atoms with Gasteiger partial charge in [-0.05, 0) is 56.6 Å². The van der Waals surface area contributed by atoms with E-state index < -0.39 is 0 Å². The van der Waals surface area contributed by atoms with Gasteiger partial charge in [-0.25, -0.2) is 0 Å². The fraction of sp³-hybridized carbons (Fsp3) is 0.400. The van der Waals surface area contributed by atoms with E-state index in [1.54, 1.807) is 0 Å². The van der Waals surface area contributed by atoms with Crippen LogP contribution in [0.4, 0.5) is 17.1 Å². The largest absolute Gasteiger partial charge is 0.363 e. The van der Waals surface area contributed by atoms with Crippen LogP contribution in [0.15, 0.2) is 42.5 Å². The van der Waals surface area contributed by atoms with Crippen LogP contribution in [-0.2, 0) is 6.42 Å². The molecule has 1 N–H and O–H groups in total. The molecule has 0 saturated heterocycles. The van der Waals surface area contributed by atoms with Gasteiger partial charge in [-0.15, -0.1) is 24.8 Å². The van der Waals surface area contributed by atoms with Gasteiger partial charge in [0.1, 0.15) is 0 Å². The summed E-state index contributed by atoms with van der Waals surface area (Å²) in [5.74, 6) is 0. The van der Waals surface area contributed by atoms with Crippen LogP contribution in [0.5, 0.6) is 0 Å². The zero-order chi connectivity index (χ0) is 15.8. The van der Waals surface area contributed by atoms with Crippen LogP contribution in [0.25, 0.3) is 0 Å². The van der Waals surface area contributed by atoms with Gasteiger partial charge in [-0.3, -0.25) is 0 Å². The molecule has 1 unspecified atom stereocenters. The quantitative estimate of drug-likeness (QED) is 0.775. The van der Waals surface area contributed by atoms with E-state index in [2.05, 4.69) is 64.5 Å². The van der Waals surface area contributed by atoms with E-state index in [9.17, 15) is 0 Å². The first-order chi connectivity index (χ1) is 11.3. The third kappa shape index (κ3) is 3.33. The first kappa shape index (κ1) is 19.9. The zero-order valence-electron chi connectivity index (χ0n) is 14.9. The average Bonchev–Trinajstić information content (AvgIpc) is 2.98. The smallest absolute Gasteiger partial charge is 0.0649 e. The van der Waals surface area contributed by atoms with Gasteiger partial charge in [-0.1, -0.05) is 30.3 Å². The number of hydrogen-bond donors (Lipinski definition) is 1. The lowest BCUT2D eigenvalue weighted by molar-refractivity contribution is 0.628. The van der Waals surface area contributed by atoms with E-state index in [0.29, 0.717) is 6.04 Å². The minimum absolute atomic E-state index is 0. The van der Waals surface area contributed by atoms with Gasteiger partial charge < -0.3 is 15.1 Å². The van der Waals surface area contributed by atoms with Crippen LogP contribution in [0.2, 0.25) is 0 Å². The number of nitrogens with zero attached hydrogens (tertiary/aromatic N) is 2. The van der Waals surface area contributed by atoms with E-state index >= 15 is 0 Å². The second-order valence-corrected chi connectivity index (χ2v) is 6.57. The fourth-order valence-corrected chi connectivity index (χ4v) is 4.12. The SMILES string of the molecule is CNCCCN1c2ccccc2N2CCc3cccc(c32)C1C.Cl.Cl. The molecule has 0 fully saturated rings. The van der Waals surface area contributed by atoms with Crippen LogP contribution < -0.4 is 15.1 Å². The molecule has 1 atom stereocenters. The van der Waals surface area contributed by atoms with Crippen molar-refractivity contribution in [2.75, 3.05) is 36.5 Å². The van der Waals surface area contributed by atoms with Gasteiger partial charge in [0, 0.05) is 18.8 Å². The third-order valence-corrected chi connectivity index (χ3v) is 5.25. The van der Waals surface area contributed by atoms with Gasteiger partial charge in [0.25, 0.3) is 0 Å². The molecule has 2 aliphatic rings. The molecule has 0 spiro atoms. The maximum absolute atomic E-state index is 3.27. The highest BCUT2D eigenvalue weighted by atomic mass is 35.5. The summed E-state index contributed by atoms with van der Waals surface area (Å²) in [6, 6.07) is 16.2. The van der Waals surface area contributed by atoms with E-state index in [1.807, 2.05) is 7.05 Å². The van der Waals surface area contributed by atoms with Gasteiger partial charge in [0.2, 0.25) is 0 Å². The predicted octanol–water partition coefficient (Wildman–Crippen LogP) is 4.71. The van der Waals surface area contributed by atoms with Crippen LogP contribution in [0.1, 0.15) is 30.5 Å². The van der Waals surface area contributed by atoms with Crippen molar-refractivity contribution in [2.24, 2.45) is 0 Å². The number of fused-ring (bicyclic) bond motifs is 2. The summed E-state index contributed by atoms with van der Waals surface area (Å²) in [5.41, 5.74) is 7.18. The Morgan fingerprint density at radius 1 is 1.04 bits per heavy atom. The van der Waals surface area contributed by atoms with Crippen LogP contribution in [0, 0.1) is 0 Å². The molecule has 3 nitrogen and oxygen atoms in total. The lowest BCUT2D eigenvalue weighted by Crippen LogP contribution is -2.29. The molecule has 0 aliphatic carbocycles. The van der Waals surface area contributed by atoms with Crippen LogP contribution in [-0.4, -0.2) is 26.7 Å². The van der Waals surface area contributed by atoms with Gasteiger partial charge in [0.15, 0.2) is 0 Å². The van der Waals surface area contributed by atoms with E-state index in [0.717, 1.165) is 32.5 Å². The summed E-state index contributed by atoms with van der Waals surface area (Å²) in [5, 5.41) is 3.27. The van der Waals surface area contributed by atoms with Gasteiger partial charge >= 0.3 is 0 Å². The number of rotatable bonds is 4. The molecule has 2 aliphatic heterocycles. The Hall–Kier alpha value is -1.42. The minimum Gasteiger partial charge on any atom is -0.363 e. The number of anilines is 3. The monoisotopic (exact) mass is 379 g/mol. The van der Waals surface area contributed by atoms with Gasteiger partial charge in [0.05, 0.1) is 17.4 Å². The molecule has 136 valence electrons. The summed E-state index contributed by atoms with van der Waals surface area (Å²) in [4.78, 5) is 5.12. The molecule has 5 heteroatoms. The van der Waals surface area contributed by atoms with E-state index in [4.69, 9.17) is 0 Å². The summed E-state index contributed by atoms with van der Waals surface area (Å²) in [7, 11) is 2.03. The van der Waals surface area contributed by atoms with Crippen molar-refractivity contribution in [3.05, 3.63) is 53.6 Å². The molecule has 2 aromatic carbocycles. The topological polar surface area (TPSA) is 18.5 Å². The lowest BCUT2D eigenvalue weighted by Gasteiger charge is -2.31. The van der Waals surface area contributed by atoms with E-state index in [-0.39, 0.29) is 24.8 Å². The maximum atomic E-state index is 3.27. The third-order valence-electron chi connectivity index (χ3n) is 5.25. The first-order valence-electron chi connectivity index (χ1n) is 8.71. The average molecular weight is 380 g/mol. The Labute approximate surface area is 163 Å². The molecule has 0 radical (unpaired) electrons. The Morgan fingerprint density at radius 2 is 1.80 bits per heavy atom. The Bertz CT molecular complexity index is 720. The molecule has 2 aromatic rings. The summed E-state index contributed by atoms with van der Waals surface area (Å²) in [6.45, 7) is 5.59. The van der Waals surface area contributed by atoms with Crippen molar-refractivity contribution in [1.29, 1.82) is 0 Å². The highest BCUT2D eigenvalue weighted by Gasteiger charge is 2.33. The normalized spacial score (nSPS) is 17.1. The molecule has 0 amide bonds. The van der Waals surface area contributed by atoms with Crippen LogP contribution in [0.3, 0.4) is 0 Å². The van der Waals surface area contributed by atoms with Crippen molar-refractivity contribution in [2.45, 2.75) is 25.8 Å². The summed E-state index contributed by atoms with van der Waals surface area (Å²) in [6.07, 6.45) is 2.31. The van der Waals surface area contributed by atoms with Crippen molar-refractivity contribution < 1.29 is 0 Å². The Balaban J connectivity index is 0.00000113. The van der Waals surface area contributed by atoms with Crippen molar-refractivity contribution in [3.8, 4) is 0 Å². The summed E-state index contributed by atoms with van der Waals surface area (Å²) < 4.78 is 0. The second kappa shape index (κ2) is 8.31. The molecule has 0 bridgehead atoms. The molecular formula is C20H27Cl2N3. The number of halogens is 2. The highest BCUT2D eigenvalue weighted by Crippen LogP contribution is 2.48.